The molecule has 13 aromatic rings. The summed E-state index contributed by atoms with van der Waals surface area (Å²) in [4.78, 5) is 16.0. The van der Waals surface area contributed by atoms with Crippen molar-refractivity contribution in [1.82, 2.24) is 24.1 Å². The number of nitrogens with zero attached hydrogens (tertiary/aromatic N) is 5. The molecule has 4 aromatic heterocycles. The monoisotopic (exact) mass is 821 g/mol. The Bertz CT molecular complexity index is 3850. The van der Waals surface area contributed by atoms with Gasteiger partial charge in [0.15, 0.2) is 11.6 Å². The highest BCUT2D eigenvalue weighted by Crippen LogP contribution is 2.43. The summed E-state index contributed by atoms with van der Waals surface area (Å²) in [5.74, 6) is 1.80. The largest absolute Gasteiger partial charge is 0.307 e. The van der Waals surface area contributed by atoms with Crippen molar-refractivity contribution < 1.29 is 0 Å². The Morgan fingerprint density at radius 2 is 0.794 bits per heavy atom. The fourth-order valence-corrected chi connectivity index (χ4v) is 10.6. The molecule has 5 nitrogen and oxygen atoms in total. The van der Waals surface area contributed by atoms with Crippen LogP contribution in [0.4, 0.5) is 0 Å². The van der Waals surface area contributed by atoms with Crippen molar-refractivity contribution >= 4 is 75.1 Å². The number of aromatic nitrogens is 5. The van der Waals surface area contributed by atoms with Gasteiger partial charge in [0.2, 0.25) is 5.95 Å². The molecule has 13 rings (SSSR count). The summed E-state index contributed by atoms with van der Waals surface area (Å²) in [5, 5.41) is 7.02. The third kappa shape index (κ3) is 5.73. The van der Waals surface area contributed by atoms with Crippen molar-refractivity contribution in [3.05, 3.63) is 212 Å². The molecule has 0 aliphatic heterocycles. The van der Waals surface area contributed by atoms with E-state index < -0.39 is 0 Å². The molecular formula is C57H35N5S. The average molecular weight is 822 g/mol. The smallest absolute Gasteiger partial charge is 0.238 e. The first-order chi connectivity index (χ1) is 31.2. The molecule has 0 spiro atoms. The summed E-state index contributed by atoms with van der Waals surface area (Å²) in [7, 11) is 0. The standard InChI is InChI=1S/C57H35N5S/c1-4-16-36(17-5-1)40-32-41(37-18-6-2-7-19-37)34-42(33-40)61-49-25-13-10-22-43(49)46-29-30-47-44-23-11-14-26-50(44)62(54(47)53(46)61)57-59-55(38-20-8-3-9-21-38)58-56(60-57)39-28-31-52-48(35-39)45-24-12-15-27-51(45)63-52/h1-35H. The van der Waals surface area contributed by atoms with Crippen LogP contribution in [0.2, 0.25) is 0 Å². The molecule has 0 unspecified atom stereocenters. The second-order valence-electron chi connectivity index (χ2n) is 16.0. The van der Waals surface area contributed by atoms with Gasteiger partial charge < -0.3 is 4.57 Å². The van der Waals surface area contributed by atoms with Gasteiger partial charge in [-0.1, -0.05) is 158 Å². The van der Waals surface area contributed by atoms with Gasteiger partial charge in [-0.3, -0.25) is 4.57 Å². The third-order valence-electron chi connectivity index (χ3n) is 12.3. The lowest BCUT2D eigenvalue weighted by Crippen LogP contribution is -2.07. The summed E-state index contributed by atoms with van der Waals surface area (Å²) in [6.07, 6.45) is 0. The molecule has 0 saturated heterocycles. The Balaban J connectivity index is 1.15. The molecule has 0 N–H and O–H groups in total. The maximum Gasteiger partial charge on any atom is 0.238 e. The van der Waals surface area contributed by atoms with Crippen molar-refractivity contribution in [1.29, 1.82) is 0 Å². The molecule has 0 atom stereocenters. The zero-order chi connectivity index (χ0) is 41.4. The van der Waals surface area contributed by atoms with E-state index in [1.54, 1.807) is 0 Å². The minimum absolute atomic E-state index is 0.563. The molecule has 0 saturated carbocycles. The molecule has 4 heterocycles. The van der Waals surface area contributed by atoms with Crippen LogP contribution in [0.25, 0.3) is 120 Å². The van der Waals surface area contributed by atoms with Gasteiger partial charge in [0.25, 0.3) is 0 Å². The zero-order valence-corrected chi connectivity index (χ0v) is 34.7. The van der Waals surface area contributed by atoms with Gasteiger partial charge in [0, 0.05) is 58.5 Å². The van der Waals surface area contributed by atoms with Crippen LogP contribution in [0.5, 0.6) is 0 Å². The molecule has 0 radical (unpaired) electrons. The van der Waals surface area contributed by atoms with E-state index in [4.69, 9.17) is 15.0 Å². The second-order valence-corrected chi connectivity index (χ2v) is 17.1. The lowest BCUT2D eigenvalue weighted by molar-refractivity contribution is 0.953. The molecule has 0 aliphatic carbocycles. The van der Waals surface area contributed by atoms with Crippen molar-refractivity contribution in [2.45, 2.75) is 0 Å². The summed E-state index contributed by atoms with van der Waals surface area (Å²) < 4.78 is 7.23. The molecular weight excluding hydrogens is 787 g/mol. The van der Waals surface area contributed by atoms with E-state index in [9.17, 15) is 0 Å². The lowest BCUT2D eigenvalue weighted by Gasteiger charge is -2.16. The molecule has 0 aliphatic rings. The number of thiophene rings is 1. The lowest BCUT2D eigenvalue weighted by atomic mass is 9.98. The first kappa shape index (κ1) is 35.6. The van der Waals surface area contributed by atoms with Crippen LogP contribution in [0.3, 0.4) is 0 Å². The number of rotatable bonds is 6. The Morgan fingerprint density at radius 3 is 1.43 bits per heavy atom. The van der Waals surface area contributed by atoms with Crippen LogP contribution in [-0.2, 0) is 0 Å². The Kier molecular flexibility index (Phi) is 8.01. The van der Waals surface area contributed by atoms with E-state index in [1.807, 2.05) is 29.5 Å². The third-order valence-corrected chi connectivity index (χ3v) is 13.5. The minimum atomic E-state index is 0.563. The van der Waals surface area contributed by atoms with E-state index in [0.717, 1.165) is 77.3 Å². The number of hydrogen-bond donors (Lipinski definition) is 0. The van der Waals surface area contributed by atoms with Crippen molar-refractivity contribution in [2.24, 2.45) is 0 Å². The van der Waals surface area contributed by atoms with Gasteiger partial charge >= 0.3 is 0 Å². The van der Waals surface area contributed by atoms with E-state index in [1.165, 1.54) is 25.6 Å². The molecule has 0 bridgehead atoms. The molecule has 294 valence electrons. The Morgan fingerprint density at radius 1 is 0.302 bits per heavy atom. The van der Waals surface area contributed by atoms with Crippen molar-refractivity contribution in [2.75, 3.05) is 0 Å². The zero-order valence-electron chi connectivity index (χ0n) is 33.9. The van der Waals surface area contributed by atoms with Crippen LogP contribution >= 0.6 is 11.3 Å². The highest BCUT2D eigenvalue weighted by molar-refractivity contribution is 7.25. The minimum Gasteiger partial charge on any atom is -0.307 e. The van der Waals surface area contributed by atoms with E-state index in [-0.39, 0.29) is 0 Å². The fourth-order valence-electron chi connectivity index (χ4n) is 9.49. The molecule has 9 aromatic carbocycles. The summed E-state index contributed by atoms with van der Waals surface area (Å²) in [6.45, 7) is 0. The van der Waals surface area contributed by atoms with Crippen LogP contribution < -0.4 is 0 Å². The van der Waals surface area contributed by atoms with Crippen LogP contribution in [-0.4, -0.2) is 24.1 Å². The van der Waals surface area contributed by atoms with Crippen LogP contribution in [0.15, 0.2) is 212 Å². The number of benzene rings is 9. The van der Waals surface area contributed by atoms with Gasteiger partial charge in [-0.2, -0.15) is 9.97 Å². The highest BCUT2D eigenvalue weighted by atomic mass is 32.1. The van der Waals surface area contributed by atoms with Crippen molar-refractivity contribution in [3.8, 4) is 56.7 Å². The van der Waals surface area contributed by atoms with Crippen LogP contribution in [0.1, 0.15) is 0 Å². The molecule has 6 heteroatoms. The van der Waals surface area contributed by atoms with Gasteiger partial charge in [-0.25, -0.2) is 4.98 Å². The van der Waals surface area contributed by atoms with E-state index >= 15 is 0 Å². The topological polar surface area (TPSA) is 48.5 Å². The van der Waals surface area contributed by atoms with E-state index in [2.05, 4.69) is 203 Å². The Hall–Kier alpha value is -8.19. The van der Waals surface area contributed by atoms with Gasteiger partial charge in [-0.05, 0) is 76.9 Å². The predicted molar refractivity (Wildman–Crippen MR) is 263 cm³/mol. The summed E-state index contributed by atoms with van der Waals surface area (Å²) in [5.41, 5.74) is 11.8. The predicted octanol–water partition coefficient (Wildman–Crippen LogP) is 15.1. The molecule has 0 fully saturated rings. The quantitative estimate of drug-likeness (QED) is 0.168. The van der Waals surface area contributed by atoms with Gasteiger partial charge in [0.1, 0.15) is 0 Å². The number of para-hydroxylation sites is 2. The highest BCUT2D eigenvalue weighted by Gasteiger charge is 2.24. The number of hydrogen-bond acceptors (Lipinski definition) is 4. The van der Waals surface area contributed by atoms with Gasteiger partial charge in [-0.15, -0.1) is 11.3 Å². The van der Waals surface area contributed by atoms with E-state index in [0.29, 0.717) is 17.6 Å². The van der Waals surface area contributed by atoms with Crippen molar-refractivity contribution in [3.63, 3.8) is 0 Å². The SMILES string of the molecule is c1ccc(-c2cc(-c3ccccc3)cc(-n3c4ccccc4c4ccc5c6ccccc6n(-c6nc(-c7ccccc7)nc(-c7ccc8sc9ccccc9c8c7)n6)c5c43)c2)cc1. The maximum absolute atomic E-state index is 5.45. The average Bonchev–Trinajstić information content (AvgIpc) is 4.02. The molecule has 0 amide bonds. The summed E-state index contributed by atoms with van der Waals surface area (Å²) in [6, 6.07) is 75.8. The second kappa shape index (κ2) is 14.2. The normalized spacial score (nSPS) is 11.8. The van der Waals surface area contributed by atoms with Gasteiger partial charge in [0.05, 0.1) is 22.1 Å². The number of fused-ring (bicyclic) bond motifs is 10. The first-order valence-electron chi connectivity index (χ1n) is 21.2. The molecule has 63 heavy (non-hydrogen) atoms. The summed E-state index contributed by atoms with van der Waals surface area (Å²) >= 11 is 1.81. The maximum atomic E-state index is 5.45. The van der Waals surface area contributed by atoms with Crippen LogP contribution in [0, 0.1) is 0 Å². The Labute approximate surface area is 366 Å². The first-order valence-corrected chi connectivity index (χ1v) is 22.0. The fraction of sp³-hybridized carbons (Fsp3) is 0.